The lowest BCUT2D eigenvalue weighted by Crippen LogP contribution is -2.10. The lowest BCUT2D eigenvalue weighted by molar-refractivity contribution is 0.480. The maximum absolute atomic E-state index is 12.1. The van der Waals surface area contributed by atoms with Crippen molar-refractivity contribution in [2.45, 2.75) is 29.2 Å². The van der Waals surface area contributed by atoms with Crippen molar-refractivity contribution in [2.75, 3.05) is 5.32 Å². The fourth-order valence-electron chi connectivity index (χ4n) is 4.16. The highest BCUT2D eigenvalue weighted by Crippen LogP contribution is 2.34. The molecule has 1 aliphatic carbocycles. The van der Waals surface area contributed by atoms with Crippen LogP contribution in [-0.2, 0) is 20.2 Å². The zero-order valence-corrected chi connectivity index (χ0v) is 21.5. The first-order valence-corrected chi connectivity index (χ1v) is 14.3. The Balaban J connectivity index is 1.69. The average Bonchev–Trinajstić information content (AvgIpc) is 2.88. The Labute approximate surface area is 217 Å². The average molecular weight is 536 g/mol. The molecule has 1 atom stereocenters. The van der Waals surface area contributed by atoms with Crippen LogP contribution in [0.1, 0.15) is 36.1 Å². The van der Waals surface area contributed by atoms with E-state index in [0.29, 0.717) is 17.6 Å². The summed E-state index contributed by atoms with van der Waals surface area (Å²) in [5.41, 5.74) is 4.19. The molecule has 2 radical (unpaired) electrons. The number of rotatable bonds is 8. The normalized spacial score (nSPS) is 14.4. The third-order valence-electron chi connectivity index (χ3n) is 5.94. The van der Waals surface area contributed by atoms with Crippen LogP contribution in [0.25, 0.3) is 5.57 Å². The molecular formula is C28H25NO6S2. The van der Waals surface area contributed by atoms with Crippen LogP contribution >= 0.6 is 0 Å². The van der Waals surface area contributed by atoms with Crippen molar-refractivity contribution in [3.05, 3.63) is 126 Å². The molecule has 3 aromatic carbocycles. The molecule has 0 saturated carbocycles. The molecule has 3 aromatic rings. The topological polar surface area (TPSA) is 121 Å². The highest BCUT2D eigenvalue weighted by atomic mass is 32.2. The summed E-state index contributed by atoms with van der Waals surface area (Å²) >= 11 is 0. The van der Waals surface area contributed by atoms with Gasteiger partial charge in [-0.3, -0.25) is 9.11 Å². The molecule has 190 valence electrons. The lowest BCUT2D eigenvalue weighted by Gasteiger charge is -2.20. The zero-order chi connectivity index (χ0) is 26.6. The summed E-state index contributed by atoms with van der Waals surface area (Å²) in [7, 11) is -8.72. The predicted molar refractivity (Wildman–Crippen MR) is 143 cm³/mol. The second-order valence-corrected chi connectivity index (χ2v) is 11.2. The van der Waals surface area contributed by atoms with E-state index in [9.17, 15) is 25.9 Å². The maximum Gasteiger partial charge on any atom is 0.295 e. The molecule has 37 heavy (non-hydrogen) atoms. The molecule has 1 unspecified atom stereocenters. The van der Waals surface area contributed by atoms with Crippen LogP contribution in [0, 0.1) is 6.42 Å². The number of allylic oxidation sites excluding steroid dienone is 5. The molecule has 1 aliphatic rings. The summed E-state index contributed by atoms with van der Waals surface area (Å²) in [4.78, 5) is -0.346. The van der Waals surface area contributed by atoms with Crippen molar-refractivity contribution in [1.29, 1.82) is 0 Å². The van der Waals surface area contributed by atoms with Crippen molar-refractivity contribution >= 4 is 31.5 Å². The van der Waals surface area contributed by atoms with E-state index in [1.807, 2.05) is 43.3 Å². The highest BCUT2D eigenvalue weighted by Gasteiger charge is 2.21. The maximum atomic E-state index is 12.1. The summed E-state index contributed by atoms with van der Waals surface area (Å²) < 4.78 is 66.0. The first kappa shape index (κ1) is 26.6. The minimum absolute atomic E-state index is 0.116. The first-order valence-electron chi connectivity index (χ1n) is 11.4. The van der Waals surface area contributed by atoms with Crippen LogP contribution in [0.3, 0.4) is 0 Å². The summed E-state index contributed by atoms with van der Waals surface area (Å²) in [5.74, 6) is 0. The second kappa shape index (κ2) is 10.9. The van der Waals surface area contributed by atoms with Gasteiger partial charge in [-0.25, -0.2) is 0 Å². The number of nitrogens with one attached hydrogen (secondary N) is 1. The van der Waals surface area contributed by atoms with Crippen LogP contribution in [0.2, 0.25) is 0 Å². The van der Waals surface area contributed by atoms with E-state index in [2.05, 4.69) is 11.7 Å². The van der Waals surface area contributed by atoms with Crippen LogP contribution < -0.4 is 5.32 Å². The molecule has 0 spiro atoms. The lowest BCUT2D eigenvalue weighted by atomic mass is 9.91. The van der Waals surface area contributed by atoms with Crippen molar-refractivity contribution in [3.63, 3.8) is 0 Å². The summed E-state index contributed by atoms with van der Waals surface area (Å²) in [5, 5.41) is 3.42. The Kier molecular flexibility index (Phi) is 7.79. The van der Waals surface area contributed by atoms with Gasteiger partial charge in [0.1, 0.15) is 4.90 Å². The van der Waals surface area contributed by atoms with E-state index in [4.69, 9.17) is 0 Å². The Morgan fingerprint density at radius 3 is 2.03 bits per heavy atom. The Morgan fingerprint density at radius 1 is 0.838 bits per heavy atom. The number of benzene rings is 3. The Bertz CT molecular complexity index is 1570. The van der Waals surface area contributed by atoms with E-state index in [1.165, 1.54) is 18.2 Å². The quantitative estimate of drug-likeness (QED) is 0.314. The molecule has 0 aliphatic heterocycles. The molecule has 9 heteroatoms. The Hall–Kier alpha value is -3.50. The van der Waals surface area contributed by atoms with E-state index >= 15 is 0 Å². The molecule has 7 nitrogen and oxygen atoms in total. The van der Waals surface area contributed by atoms with E-state index < -0.39 is 20.2 Å². The number of hydrogen-bond acceptors (Lipinski definition) is 5. The molecular weight excluding hydrogens is 510 g/mol. The predicted octanol–water partition coefficient (Wildman–Crippen LogP) is 5.75. The van der Waals surface area contributed by atoms with Gasteiger partial charge in [-0.05, 0) is 59.0 Å². The standard InChI is InChI=1S/C28H25NO6S2/c1-2-26(20-14-18-24(19-15-20)36(30,31)32)29-23-16-12-22(13-17-23)28(21-8-4-3-5-9-21)25-10-6-7-11-27(25)37(33,34)35/h4-19,26,29H,2H2,1H3,(H,30,31,32)(H,33,34,35). The third kappa shape index (κ3) is 6.26. The fourth-order valence-corrected chi connectivity index (χ4v) is 5.34. The summed E-state index contributed by atoms with van der Waals surface area (Å²) in [6.07, 6.45) is 10.8. The van der Waals surface area contributed by atoms with E-state index in [0.717, 1.165) is 22.4 Å². The molecule has 0 fully saturated rings. The van der Waals surface area contributed by atoms with Crippen molar-refractivity contribution in [3.8, 4) is 0 Å². The summed E-state index contributed by atoms with van der Waals surface area (Å²) in [6, 6.07) is 19.7. The van der Waals surface area contributed by atoms with Gasteiger partial charge >= 0.3 is 0 Å². The van der Waals surface area contributed by atoms with Gasteiger partial charge in [-0.2, -0.15) is 16.8 Å². The minimum Gasteiger partial charge on any atom is -0.378 e. The van der Waals surface area contributed by atoms with E-state index in [1.54, 1.807) is 42.5 Å². The van der Waals surface area contributed by atoms with Gasteiger partial charge in [0, 0.05) is 17.7 Å². The van der Waals surface area contributed by atoms with E-state index in [-0.39, 0.29) is 15.8 Å². The van der Waals surface area contributed by atoms with Gasteiger partial charge in [0.25, 0.3) is 20.2 Å². The molecule has 0 saturated heterocycles. The fraction of sp³-hybridized carbons (Fsp3) is 0.107. The van der Waals surface area contributed by atoms with Gasteiger partial charge < -0.3 is 5.32 Å². The molecule has 0 heterocycles. The minimum atomic E-state index is -4.46. The summed E-state index contributed by atoms with van der Waals surface area (Å²) in [6.45, 7) is 1.99. The van der Waals surface area contributed by atoms with Crippen LogP contribution in [0.15, 0.2) is 112 Å². The Morgan fingerprint density at radius 2 is 1.46 bits per heavy atom. The van der Waals surface area contributed by atoms with Gasteiger partial charge in [-0.15, -0.1) is 0 Å². The molecule has 0 bridgehead atoms. The number of hydrogen-bond donors (Lipinski definition) is 3. The van der Waals surface area contributed by atoms with Crippen LogP contribution in [-0.4, -0.2) is 25.9 Å². The second-order valence-electron chi connectivity index (χ2n) is 8.36. The molecule has 0 aromatic heterocycles. The monoisotopic (exact) mass is 535 g/mol. The van der Waals surface area contributed by atoms with Gasteiger partial charge in [-0.1, -0.05) is 73.7 Å². The van der Waals surface area contributed by atoms with Gasteiger partial charge in [0.15, 0.2) is 0 Å². The molecule has 0 amide bonds. The largest absolute Gasteiger partial charge is 0.378 e. The highest BCUT2D eigenvalue weighted by molar-refractivity contribution is 7.86. The van der Waals surface area contributed by atoms with Crippen molar-refractivity contribution in [1.82, 2.24) is 0 Å². The van der Waals surface area contributed by atoms with Crippen LogP contribution in [0.5, 0.6) is 0 Å². The number of anilines is 1. The van der Waals surface area contributed by atoms with Gasteiger partial charge in [0.2, 0.25) is 0 Å². The molecule has 4 rings (SSSR count). The van der Waals surface area contributed by atoms with Gasteiger partial charge in [0.05, 0.1) is 10.9 Å². The zero-order valence-electron chi connectivity index (χ0n) is 19.9. The smallest absolute Gasteiger partial charge is 0.295 e. The van der Waals surface area contributed by atoms with Crippen molar-refractivity contribution < 1.29 is 25.9 Å². The van der Waals surface area contributed by atoms with Crippen LogP contribution in [0.4, 0.5) is 5.69 Å². The third-order valence-corrected chi connectivity index (χ3v) is 7.72. The first-order chi connectivity index (χ1) is 17.6. The molecule has 3 N–H and O–H groups in total. The van der Waals surface area contributed by atoms with Crippen molar-refractivity contribution in [2.24, 2.45) is 0 Å². The SMILES string of the molecule is CCC(Nc1ccc(C(=C2C=C[C]C=C2)c2ccccc2S(=O)(=O)O)cc1)c1ccc(S(=O)(=O)O)cc1.